The molecule has 0 fully saturated rings. The van der Waals surface area contributed by atoms with Gasteiger partial charge in [0, 0.05) is 22.8 Å². The molecule has 0 radical (unpaired) electrons. The van der Waals surface area contributed by atoms with Gasteiger partial charge in [-0.05, 0) is 55.3 Å². The molecule has 0 saturated heterocycles. The number of nitrogens with one attached hydrogen (secondary N) is 1. The number of aromatic nitrogens is 2. The van der Waals surface area contributed by atoms with Crippen LogP contribution in [-0.2, 0) is 0 Å². The van der Waals surface area contributed by atoms with Crippen molar-refractivity contribution in [3.8, 4) is 17.2 Å². The molecule has 6 nitrogen and oxygen atoms in total. The number of aromatic hydroxyl groups is 1. The molecule has 4 aromatic rings. The summed E-state index contributed by atoms with van der Waals surface area (Å²) < 4.78 is 11.0. The standard InChI is InChI=1S/C24H21N3O3/c1-14-9-10-25-21(11-14)27-22(17-6-8-19-20(12-17)30-13-29-19)18-7-5-16-4-3-15(2)26-23(16)24(18)28/h3-12,22,28H,13H2,1-2H3,(H,25,27). The van der Waals surface area contributed by atoms with Crippen LogP contribution in [0.4, 0.5) is 5.82 Å². The minimum absolute atomic E-state index is 0.152. The minimum atomic E-state index is -0.361. The second kappa shape index (κ2) is 7.22. The Kier molecular flexibility index (Phi) is 4.39. The number of ether oxygens (including phenoxy) is 2. The van der Waals surface area contributed by atoms with E-state index < -0.39 is 0 Å². The van der Waals surface area contributed by atoms with Gasteiger partial charge in [0.2, 0.25) is 6.79 Å². The zero-order valence-electron chi connectivity index (χ0n) is 16.7. The van der Waals surface area contributed by atoms with E-state index in [1.807, 2.05) is 68.4 Å². The number of aryl methyl sites for hydroxylation is 2. The Balaban J connectivity index is 1.66. The van der Waals surface area contributed by atoms with E-state index in [0.717, 1.165) is 28.0 Å². The van der Waals surface area contributed by atoms with Crippen molar-refractivity contribution in [1.82, 2.24) is 9.97 Å². The van der Waals surface area contributed by atoms with Crippen LogP contribution in [0.3, 0.4) is 0 Å². The Morgan fingerprint density at radius 3 is 2.67 bits per heavy atom. The number of hydrogen-bond acceptors (Lipinski definition) is 6. The Bertz CT molecular complexity index is 1260. The molecule has 150 valence electrons. The smallest absolute Gasteiger partial charge is 0.231 e. The van der Waals surface area contributed by atoms with Crippen molar-refractivity contribution >= 4 is 16.7 Å². The van der Waals surface area contributed by atoms with Crippen molar-refractivity contribution in [3.05, 3.63) is 83.2 Å². The first-order valence-electron chi connectivity index (χ1n) is 9.76. The number of pyridine rings is 2. The highest BCUT2D eigenvalue weighted by atomic mass is 16.7. The first-order valence-corrected chi connectivity index (χ1v) is 9.76. The van der Waals surface area contributed by atoms with Crippen LogP contribution in [0.1, 0.15) is 28.4 Å². The van der Waals surface area contributed by atoms with Crippen molar-refractivity contribution in [3.63, 3.8) is 0 Å². The van der Waals surface area contributed by atoms with E-state index in [1.165, 1.54) is 0 Å². The van der Waals surface area contributed by atoms with E-state index in [9.17, 15) is 5.11 Å². The van der Waals surface area contributed by atoms with E-state index in [-0.39, 0.29) is 18.6 Å². The molecule has 30 heavy (non-hydrogen) atoms. The highest BCUT2D eigenvalue weighted by molar-refractivity contribution is 5.86. The van der Waals surface area contributed by atoms with Crippen molar-refractivity contribution in [1.29, 1.82) is 0 Å². The third-order valence-electron chi connectivity index (χ3n) is 5.25. The van der Waals surface area contributed by atoms with E-state index in [4.69, 9.17) is 9.47 Å². The molecule has 1 unspecified atom stereocenters. The lowest BCUT2D eigenvalue weighted by atomic mass is 9.95. The third kappa shape index (κ3) is 3.26. The highest BCUT2D eigenvalue weighted by Gasteiger charge is 2.23. The van der Waals surface area contributed by atoms with Crippen LogP contribution >= 0.6 is 0 Å². The van der Waals surface area contributed by atoms with Crippen LogP contribution in [0.15, 0.2) is 60.8 Å². The third-order valence-corrected chi connectivity index (χ3v) is 5.25. The molecule has 0 saturated carbocycles. The summed E-state index contributed by atoms with van der Waals surface area (Å²) in [6.07, 6.45) is 1.76. The number of fused-ring (bicyclic) bond motifs is 2. The van der Waals surface area contributed by atoms with Crippen molar-refractivity contribution < 1.29 is 14.6 Å². The lowest BCUT2D eigenvalue weighted by Crippen LogP contribution is -2.14. The fourth-order valence-corrected chi connectivity index (χ4v) is 3.72. The van der Waals surface area contributed by atoms with Gasteiger partial charge in [-0.3, -0.25) is 0 Å². The summed E-state index contributed by atoms with van der Waals surface area (Å²) in [5, 5.41) is 15.5. The Morgan fingerprint density at radius 1 is 0.967 bits per heavy atom. The van der Waals surface area contributed by atoms with E-state index in [1.54, 1.807) is 6.20 Å². The largest absolute Gasteiger partial charge is 0.505 e. The average Bonchev–Trinajstić information content (AvgIpc) is 3.21. The quantitative estimate of drug-likeness (QED) is 0.509. The Morgan fingerprint density at radius 2 is 1.80 bits per heavy atom. The second-order valence-electron chi connectivity index (χ2n) is 7.44. The number of anilines is 1. The molecule has 0 bridgehead atoms. The van der Waals surface area contributed by atoms with Gasteiger partial charge in [-0.15, -0.1) is 0 Å². The molecule has 1 atom stereocenters. The molecule has 0 amide bonds. The average molecular weight is 399 g/mol. The molecule has 5 rings (SSSR count). The number of nitrogens with zero attached hydrogens (tertiary/aromatic N) is 2. The summed E-state index contributed by atoms with van der Waals surface area (Å²) in [6.45, 7) is 4.14. The van der Waals surface area contributed by atoms with Crippen LogP contribution in [0, 0.1) is 13.8 Å². The highest BCUT2D eigenvalue weighted by Crippen LogP contribution is 2.40. The second-order valence-corrected chi connectivity index (χ2v) is 7.44. The fraction of sp³-hybridized carbons (Fsp3) is 0.167. The zero-order valence-corrected chi connectivity index (χ0v) is 16.7. The van der Waals surface area contributed by atoms with Crippen molar-refractivity contribution in [2.75, 3.05) is 12.1 Å². The summed E-state index contributed by atoms with van der Waals surface area (Å²) >= 11 is 0. The first-order chi connectivity index (χ1) is 14.6. The van der Waals surface area contributed by atoms with Crippen LogP contribution in [0.2, 0.25) is 0 Å². The molecule has 0 spiro atoms. The summed E-state index contributed by atoms with van der Waals surface area (Å²) in [5.41, 5.74) is 4.16. The van der Waals surface area contributed by atoms with Crippen molar-refractivity contribution in [2.24, 2.45) is 0 Å². The van der Waals surface area contributed by atoms with E-state index in [2.05, 4.69) is 15.3 Å². The first kappa shape index (κ1) is 18.2. The van der Waals surface area contributed by atoms with Crippen LogP contribution in [-0.4, -0.2) is 21.9 Å². The molecule has 2 N–H and O–H groups in total. The number of phenolic OH excluding ortho intramolecular Hbond substituents is 1. The normalized spacial score (nSPS) is 13.4. The van der Waals surface area contributed by atoms with Crippen LogP contribution in [0.5, 0.6) is 17.2 Å². The molecule has 1 aliphatic heterocycles. The van der Waals surface area contributed by atoms with Gasteiger partial charge in [0.15, 0.2) is 11.5 Å². The maximum atomic E-state index is 11.2. The van der Waals surface area contributed by atoms with Gasteiger partial charge in [0.05, 0.1) is 6.04 Å². The van der Waals surface area contributed by atoms with Gasteiger partial charge < -0.3 is 19.9 Å². The SMILES string of the molecule is Cc1ccnc(NC(c2ccc3c(c2)OCO3)c2ccc3ccc(C)nc3c2O)c1. The van der Waals surface area contributed by atoms with E-state index in [0.29, 0.717) is 22.6 Å². The van der Waals surface area contributed by atoms with Crippen LogP contribution < -0.4 is 14.8 Å². The summed E-state index contributed by atoms with van der Waals surface area (Å²) in [5.74, 6) is 2.27. The van der Waals surface area contributed by atoms with E-state index >= 15 is 0 Å². The monoisotopic (exact) mass is 399 g/mol. The minimum Gasteiger partial charge on any atom is -0.505 e. The van der Waals surface area contributed by atoms with Gasteiger partial charge in [-0.2, -0.15) is 0 Å². The number of rotatable bonds is 4. The summed E-state index contributed by atoms with van der Waals surface area (Å²) in [7, 11) is 0. The lowest BCUT2D eigenvalue weighted by Gasteiger charge is -2.22. The zero-order chi connectivity index (χ0) is 20.7. The van der Waals surface area contributed by atoms with Gasteiger partial charge in [0.1, 0.15) is 17.1 Å². The lowest BCUT2D eigenvalue weighted by molar-refractivity contribution is 0.174. The predicted molar refractivity (Wildman–Crippen MR) is 115 cm³/mol. The number of benzene rings is 2. The Hall–Kier alpha value is -3.80. The molecule has 2 aromatic carbocycles. The van der Waals surface area contributed by atoms with Gasteiger partial charge >= 0.3 is 0 Å². The van der Waals surface area contributed by atoms with Gasteiger partial charge in [-0.25, -0.2) is 9.97 Å². The van der Waals surface area contributed by atoms with Gasteiger partial charge in [-0.1, -0.05) is 24.3 Å². The molecule has 1 aliphatic rings. The van der Waals surface area contributed by atoms with Crippen molar-refractivity contribution in [2.45, 2.75) is 19.9 Å². The number of phenols is 1. The maximum Gasteiger partial charge on any atom is 0.231 e. The van der Waals surface area contributed by atoms with Crippen LogP contribution in [0.25, 0.3) is 10.9 Å². The topological polar surface area (TPSA) is 76.5 Å². The molecular weight excluding hydrogens is 378 g/mol. The predicted octanol–water partition coefficient (Wildman–Crippen LogP) is 4.88. The molecule has 6 heteroatoms. The molecule has 2 aromatic heterocycles. The number of hydrogen-bond donors (Lipinski definition) is 2. The summed E-state index contributed by atoms with van der Waals surface area (Å²) in [4.78, 5) is 9.00. The molecule has 3 heterocycles. The maximum absolute atomic E-state index is 11.2. The molecule has 0 aliphatic carbocycles. The fourth-order valence-electron chi connectivity index (χ4n) is 3.72. The van der Waals surface area contributed by atoms with Gasteiger partial charge in [0.25, 0.3) is 0 Å². The molecular formula is C24H21N3O3. The Labute approximate surface area is 174 Å². The summed E-state index contributed by atoms with van der Waals surface area (Å²) in [6, 6.07) is 17.1.